The van der Waals surface area contributed by atoms with E-state index in [0.29, 0.717) is 17.7 Å². The van der Waals surface area contributed by atoms with Crippen molar-refractivity contribution in [3.05, 3.63) is 78.5 Å². The molecule has 1 heterocycles. The van der Waals surface area contributed by atoms with Crippen molar-refractivity contribution in [1.82, 2.24) is 4.98 Å². The van der Waals surface area contributed by atoms with Gasteiger partial charge in [-0.1, -0.05) is 6.07 Å². The van der Waals surface area contributed by atoms with Gasteiger partial charge in [-0.2, -0.15) is 8.42 Å². The van der Waals surface area contributed by atoms with Crippen LogP contribution in [-0.2, 0) is 10.1 Å². The molecule has 1 aromatic heterocycles. The molecule has 0 atom stereocenters. The number of rotatable bonds is 5. The second kappa shape index (κ2) is 6.86. The van der Waals surface area contributed by atoms with Gasteiger partial charge < -0.3 is 8.92 Å². The maximum absolute atomic E-state index is 13.6. The molecule has 3 rings (SSSR count). The predicted octanol–water partition coefficient (Wildman–Crippen LogP) is 3.92. The van der Waals surface area contributed by atoms with Gasteiger partial charge in [0.05, 0.1) is 0 Å². The number of halogens is 2. The van der Waals surface area contributed by atoms with Crippen LogP contribution in [0.3, 0.4) is 0 Å². The summed E-state index contributed by atoms with van der Waals surface area (Å²) >= 11 is 0. The molecule has 0 spiro atoms. The zero-order valence-electron chi connectivity index (χ0n) is 12.6. The third-order valence-corrected chi connectivity index (χ3v) is 4.32. The maximum Gasteiger partial charge on any atom is 0.342 e. The first-order valence-electron chi connectivity index (χ1n) is 7.02. The highest BCUT2D eigenvalue weighted by molar-refractivity contribution is 7.87. The number of aromatic nitrogens is 1. The Hall–Kier alpha value is -3.00. The number of nitrogens with zero attached hydrogens (tertiary/aromatic N) is 1. The zero-order valence-corrected chi connectivity index (χ0v) is 13.4. The maximum atomic E-state index is 13.6. The molecular weight excluding hydrogens is 352 g/mol. The van der Waals surface area contributed by atoms with Crippen molar-refractivity contribution in [2.45, 2.75) is 4.90 Å². The third-order valence-electron chi connectivity index (χ3n) is 3.05. The number of ether oxygens (including phenoxy) is 1. The topological polar surface area (TPSA) is 65.5 Å². The summed E-state index contributed by atoms with van der Waals surface area (Å²) in [5, 5.41) is 0. The minimum Gasteiger partial charge on any atom is -0.439 e. The number of hydrogen-bond acceptors (Lipinski definition) is 5. The van der Waals surface area contributed by atoms with Gasteiger partial charge in [0.15, 0.2) is 0 Å². The van der Waals surface area contributed by atoms with E-state index in [2.05, 4.69) is 4.98 Å². The fourth-order valence-electron chi connectivity index (χ4n) is 1.93. The summed E-state index contributed by atoms with van der Waals surface area (Å²) in [5.74, 6) is -1.29. The molecule has 0 N–H and O–H groups in total. The van der Waals surface area contributed by atoms with E-state index in [-0.39, 0.29) is 5.75 Å². The molecule has 0 saturated carbocycles. The summed E-state index contributed by atoms with van der Waals surface area (Å²) in [6, 6.07) is 12.8. The van der Waals surface area contributed by atoms with Gasteiger partial charge in [0.25, 0.3) is 0 Å². The average Bonchev–Trinajstić information content (AvgIpc) is 2.59. The van der Waals surface area contributed by atoms with E-state index in [1.165, 1.54) is 24.3 Å². The SMILES string of the molecule is O=S(=O)(Oc1ccc(Oc2ccccn2)cc1)c1cc(F)ccc1F. The Bertz CT molecular complexity index is 977. The van der Waals surface area contributed by atoms with Crippen molar-refractivity contribution in [3.8, 4) is 17.4 Å². The van der Waals surface area contributed by atoms with Gasteiger partial charge in [-0.15, -0.1) is 0 Å². The van der Waals surface area contributed by atoms with Gasteiger partial charge in [0.1, 0.15) is 28.0 Å². The van der Waals surface area contributed by atoms with Crippen LogP contribution in [0.4, 0.5) is 8.78 Å². The van der Waals surface area contributed by atoms with Crippen LogP contribution in [0.2, 0.25) is 0 Å². The standard InChI is InChI=1S/C17H11F2NO4S/c18-12-4-9-15(19)16(11-12)25(21,22)24-14-7-5-13(6-8-14)23-17-3-1-2-10-20-17/h1-11H. The first-order chi connectivity index (χ1) is 11.9. The Morgan fingerprint density at radius 3 is 2.28 bits per heavy atom. The van der Waals surface area contributed by atoms with Crippen LogP contribution in [0.15, 0.2) is 71.8 Å². The molecule has 3 aromatic rings. The first-order valence-corrected chi connectivity index (χ1v) is 8.43. The highest BCUT2D eigenvalue weighted by Gasteiger charge is 2.22. The fourth-order valence-corrected chi connectivity index (χ4v) is 2.95. The normalized spacial score (nSPS) is 11.1. The van der Waals surface area contributed by atoms with E-state index in [1.807, 2.05) is 0 Å². The Balaban J connectivity index is 1.78. The molecule has 0 bridgehead atoms. The lowest BCUT2D eigenvalue weighted by atomic mass is 10.3. The van der Waals surface area contributed by atoms with Crippen molar-refractivity contribution >= 4 is 10.1 Å². The van der Waals surface area contributed by atoms with E-state index in [4.69, 9.17) is 8.92 Å². The molecule has 0 aliphatic heterocycles. The predicted molar refractivity (Wildman–Crippen MR) is 84.9 cm³/mol. The molecular formula is C17H11F2NO4S. The molecule has 0 radical (unpaired) electrons. The van der Waals surface area contributed by atoms with Crippen LogP contribution >= 0.6 is 0 Å². The van der Waals surface area contributed by atoms with E-state index in [1.54, 1.807) is 24.4 Å². The van der Waals surface area contributed by atoms with Crippen LogP contribution < -0.4 is 8.92 Å². The summed E-state index contributed by atoms with van der Waals surface area (Å²) in [7, 11) is -4.51. The van der Waals surface area contributed by atoms with Crippen LogP contribution in [0.25, 0.3) is 0 Å². The second-order valence-corrected chi connectivity index (χ2v) is 6.37. The van der Waals surface area contributed by atoms with Crippen LogP contribution in [0.5, 0.6) is 17.4 Å². The number of hydrogen-bond donors (Lipinski definition) is 0. The summed E-state index contributed by atoms with van der Waals surface area (Å²) in [6.07, 6.45) is 1.56. The van der Waals surface area contributed by atoms with Gasteiger partial charge in [0.2, 0.25) is 5.88 Å². The Labute approximate surface area is 142 Å². The first kappa shape index (κ1) is 16.8. The zero-order chi connectivity index (χ0) is 17.9. The molecule has 0 aliphatic rings. The third kappa shape index (κ3) is 4.10. The van der Waals surface area contributed by atoms with Crippen molar-refractivity contribution in [2.75, 3.05) is 0 Å². The molecule has 2 aromatic carbocycles. The Morgan fingerprint density at radius 1 is 0.880 bits per heavy atom. The van der Waals surface area contributed by atoms with Gasteiger partial charge in [-0.25, -0.2) is 13.8 Å². The van der Waals surface area contributed by atoms with Crippen molar-refractivity contribution in [1.29, 1.82) is 0 Å². The molecule has 128 valence electrons. The number of benzene rings is 2. The minimum atomic E-state index is -4.51. The second-order valence-electron chi connectivity index (χ2n) is 4.85. The van der Waals surface area contributed by atoms with Crippen molar-refractivity contribution in [2.24, 2.45) is 0 Å². The van der Waals surface area contributed by atoms with E-state index in [9.17, 15) is 17.2 Å². The van der Waals surface area contributed by atoms with Gasteiger partial charge >= 0.3 is 10.1 Å². The molecule has 25 heavy (non-hydrogen) atoms. The highest BCUT2D eigenvalue weighted by Crippen LogP contribution is 2.25. The quantitative estimate of drug-likeness (QED) is 0.643. The smallest absolute Gasteiger partial charge is 0.342 e. The summed E-state index contributed by atoms with van der Waals surface area (Å²) < 4.78 is 61.2. The van der Waals surface area contributed by atoms with E-state index >= 15 is 0 Å². The molecule has 5 nitrogen and oxygen atoms in total. The largest absolute Gasteiger partial charge is 0.439 e. The Kier molecular flexibility index (Phi) is 4.62. The van der Waals surface area contributed by atoms with E-state index < -0.39 is 26.6 Å². The summed E-state index contributed by atoms with van der Waals surface area (Å²) in [4.78, 5) is 3.11. The fraction of sp³-hybridized carbons (Fsp3) is 0. The van der Waals surface area contributed by atoms with Crippen LogP contribution in [0, 0.1) is 11.6 Å². The monoisotopic (exact) mass is 363 g/mol. The number of pyridine rings is 1. The average molecular weight is 363 g/mol. The lowest BCUT2D eigenvalue weighted by Crippen LogP contribution is -2.12. The van der Waals surface area contributed by atoms with Crippen molar-refractivity contribution in [3.63, 3.8) is 0 Å². The molecule has 8 heteroatoms. The van der Waals surface area contributed by atoms with Crippen molar-refractivity contribution < 1.29 is 26.1 Å². The summed E-state index contributed by atoms with van der Waals surface area (Å²) in [6.45, 7) is 0. The van der Waals surface area contributed by atoms with Gasteiger partial charge in [-0.05, 0) is 48.5 Å². The molecule has 0 unspecified atom stereocenters. The molecule has 0 amide bonds. The highest BCUT2D eigenvalue weighted by atomic mass is 32.2. The van der Waals surface area contributed by atoms with Crippen LogP contribution in [0.1, 0.15) is 0 Å². The molecule has 0 aliphatic carbocycles. The Morgan fingerprint density at radius 2 is 1.60 bits per heavy atom. The lowest BCUT2D eigenvalue weighted by molar-refractivity contribution is 0.457. The molecule has 0 saturated heterocycles. The summed E-state index contributed by atoms with van der Waals surface area (Å²) in [5.41, 5.74) is 0. The lowest BCUT2D eigenvalue weighted by Gasteiger charge is -2.09. The molecule has 0 fully saturated rings. The van der Waals surface area contributed by atoms with Crippen LogP contribution in [-0.4, -0.2) is 13.4 Å². The van der Waals surface area contributed by atoms with Gasteiger partial charge in [0, 0.05) is 12.3 Å². The van der Waals surface area contributed by atoms with Gasteiger partial charge in [-0.3, -0.25) is 0 Å². The van der Waals surface area contributed by atoms with E-state index in [0.717, 1.165) is 12.1 Å². The minimum absolute atomic E-state index is 0.0722.